The van der Waals surface area contributed by atoms with Crippen LogP contribution in [0.15, 0.2) is 0 Å². The number of nitrogens with one attached hydrogen (secondary N) is 2. The molecule has 3 atom stereocenters. The number of amides is 1. The summed E-state index contributed by atoms with van der Waals surface area (Å²) in [6.45, 7) is 5.10. The van der Waals surface area contributed by atoms with Gasteiger partial charge in [0, 0.05) is 6.04 Å². The number of rotatable bonds is 10. The summed E-state index contributed by atoms with van der Waals surface area (Å²) in [6.07, 6.45) is 7.24. The van der Waals surface area contributed by atoms with Gasteiger partial charge in [-0.2, -0.15) is 0 Å². The predicted octanol–water partition coefficient (Wildman–Crippen LogP) is 2.16. The highest BCUT2D eigenvalue weighted by Gasteiger charge is 2.32. The summed E-state index contributed by atoms with van der Waals surface area (Å²) < 4.78 is 0. The van der Waals surface area contributed by atoms with Crippen molar-refractivity contribution >= 4 is 11.9 Å². The van der Waals surface area contributed by atoms with E-state index in [2.05, 4.69) is 17.6 Å². The second kappa shape index (κ2) is 9.77. The van der Waals surface area contributed by atoms with E-state index in [1.807, 2.05) is 6.92 Å². The van der Waals surface area contributed by atoms with Gasteiger partial charge >= 0.3 is 5.97 Å². The van der Waals surface area contributed by atoms with E-state index in [9.17, 15) is 9.59 Å². The van der Waals surface area contributed by atoms with E-state index >= 15 is 0 Å². The van der Waals surface area contributed by atoms with E-state index < -0.39 is 5.97 Å². The summed E-state index contributed by atoms with van der Waals surface area (Å²) in [6, 6.07) is 0.212. The molecular formula is C16H30N2O3. The number of carboxylic acids is 1. The maximum atomic E-state index is 11.8. The van der Waals surface area contributed by atoms with Crippen LogP contribution in [0.2, 0.25) is 0 Å². The minimum Gasteiger partial charge on any atom is -0.481 e. The van der Waals surface area contributed by atoms with Gasteiger partial charge in [-0.25, -0.2) is 0 Å². The van der Waals surface area contributed by atoms with Crippen LogP contribution in [0.1, 0.15) is 58.8 Å². The van der Waals surface area contributed by atoms with Crippen molar-refractivity contribution in [1.82, 2.24) is 10.6 Å². The van der Waals surface area contributed by atoms with Crippen LogP contribution < -0.4 is 10.6 Å². The highest BCUT2D eigenvalue weighted by Crippen LogP contribution is 2.31. The number of unbranched alkanes of at least 4 members (excludes halogenated alkanes) is 2. The van der Waals surface area contributed by atoms with Crippen LogP contribution in [0.3, 0.4) is 0 Å². The highest BCUT2D eigenvalue weighted by molar-refractivity contribution is 5.78. The first-order chi connectivity index (χ1) is 10.0. The highest BCUT2D eigenvalue weighted by atomic mass is 16.4. The molecule has 0 aliphatic heterocycles. The number of hydrogen-bond acceptors (Lipinski definition) is 3. The van der Waals surface area contributed by atoms with Crippen molar-refractivity contribution < 1.29 is 14.7 Å². The molecule has 0 heterocycles. The van der Waals surface area contributed by atoms with Crippen LogP contribution in [0.25, 0.3) is 0 Å². The lowest BCUT2D eigenvalue weighted by atomic mass is 9.96. The fourth-order valence-electron chi connectivity index (χ4n) is 3.08. The molecule has 3 unspecified atom stereocenters. The van der Waals surface area contributed by atoms with Crippen LogP contribution in [-0.2, 0) is 9.59 Å². The zero-order valence-electron chi connectivity index (χ0n) is 13.4. The van der Waals surface area contributed by atoms with Gasteiger partial charge in [0.1, 0.15) is 0 Å². The Morgan fingerprint density at radius 2 is 2.05 bits per heavy atom. The molecule has 122 valence electrons. The summed E-state index contributed by atoms with van der Waals surface area (Å²) in [5.74, 6) is -0.775. The minimum atomic E-state index is -0.701. The fraction of sp³-hybridized carbons (Fsp3) is 0.875. The maximum Gasteiger partial charge on any atom is 0.306 e. The topological polar surface area (TPSA) is 78.4 Å². The largest absolute Gasteiger partial charge is 0.481 e. The Kier molecular flexibility index (Phi) is 8.35. The van der Waals surface area contributed by atoms with E-state index in [1.165, 1.54) is 12.8 Å². The smallest absolute Gasteiger partial charge is 0.306 e. The fourth-order valence-corrected chi connectivity index (χ4v) is 3.08. The molecule has 1 amide bonds. The number of carboxylic acid groups (broad SMARTS) is 1. The van der Waals surface area contributed by atoms with E-state index in [0.717, 1.165) is 32.1 Å². The summed E-state index contributed by atoms with van der Waals surface area (Å²) in [4.78, 5) is 22.9. The summed E-state index contributed by atoms with van der Waals surface area (Å²) in [7, 11) is 0. The first-order valence-corrected chi connectivity index (χ1v) is 8.27. The van der Waals surface area contributed by atoms with E-state index in [1.54, 1.807) is 0 Å². The van der Waals surface area contributed by atoms with E-state index in [0.29, 0.717) is 6.54 Å². The maximum absolute atomic E-state index is 11.8. The number of hydrogen-bond donors (Lipinski definition) is 3. The lowest BCUT2D eigenvalue weighted by molar-refractivity contribution is -0.142. The first-order valence-electron chi connectivity index (χ1n) is 8.27. The Labute approximate surface area is 127 Å². The normalized spacial score (nSPS) is 23.0. The van der Waals surface area contributed by atoms with Gasteiger partial charge in [-0.3, -0.25) is 9.59 Å². The number of aliphatic carboxylic acids is 1. The molecule has 0 aromatic rings. The van der Waals surface area contributed by atoms with Gasteiger partial charge in [-0.1, -0.05) is 32.6 Å². The zero-order valence-corrected chi connectivity index (χ0v) is 13.4. The van der Waals surface area contributed by atoms with Gasteiger partial charge in [0.15, 0.2) is 0 Å². The molecule has 5 heteroatoms. The number of carbonyl (C=O) groups is 2. The van der Waals surface area contributed by atoms with Crippen molar-refractivity contribution in [2.45, 2.75) is 64.8 Å². The SMILES string of the molecule is CCCCCC(C)NC(=O)CNCC1CCCC1C(=O)O. The molecule has 1 rings (SSSR count). The van der Waals surface area contributed by atoms with Gasteiger partial charge in [-0.05, 0) is 38.6 Å². The standard InChI is InChI=1S/C16H30N2O3/c1-3-4-5-7-12(2)18-15(19)11-17-10-13-8-6-9-14(13)16(20)21/h12-14,17H,3-11H2,1-2H3,(H,18,19)(H,20,21). The Morgan fingerprint density at radius 3 is 2.71 bits per heavy atom. The third-order valence-corrected chi connectivity index (χ3v) is 4.32. The van der Waals surface area contributed by atoms with Crippen molar-refractivity contribution in [3.8, 4) is 0 Å². The Hall–Kier alpha value is -1.10. The molecule has 1 aliphatic rings. The molecule has 3 N–H and O–H groups in total. The van der Waals surface area contributed by atoms with Crippen LogP contribution in [0.5, 0.6) is 0 Å². The van der Waals surface area contributed by atoms with E-state index in [4.69, 9.17) is 5.11 Å². The third kappa shape index (κ3) is 6.93. The van der Waals surface area contributed by atoms with Gasteiger partial charge in [0.05, 0.1) is 12.5 Å². The van der Waals surface area contributed by atoms with Crippen LogP contribution in [0, 0.1) is 11.8 Å². The molecule has 0 spiro atoms. The average molecular weight is 298 g/mol. The molecule has 0 bridgehead atoms. The Morgan fingerprint density at radius 1 is 1.29 bits per heavy atom. The van der Waals surface area contributed by atoms with Crippen molar-refractivity contribution in [3.63, 3.8) is 0 Å². The average Bonchev–Trinajstić information content (AvgIpc) is 2.87. The van der Waals surface area contributed by atoms with Crippen LogP contribution in [-0.4, -0.2) is 36.1 Å². The number of carbonyl (C=O) groups excluding carboxylic acids is 1. The monoisotopic (exact) mass is 298 g/mol. The van der Waals surface area contributed by atoms with Gasteiger partial charge in [-0.15, -0.1) is 0 Å². The Balaban J connectivity index is 2.14. The molecule has 5 nitrogen and oxygen atoms in total. The third-order valence-electron chi connectivity index (χ3n) is 4.32. The molecular weight excluding hydrogens is 268 g/mol. The minimum absolute atomic E-state index is 0.00358. The molecule has 0 aromatic heterocycles. The second-order valence-corrected chi connectivity index (χ2v) is 6.23. The van der Waals surface area contributed by atoms with Crippen LogP contribution in [0.4, 0.5) is 0 Å². The summed E-state index contributed by atoms with van der Waals surface area (Å²) >= 11 is 0. The van der Waals surface area contributed by atoms with Gasteiger partial charge in [0.25, 0.3) is 0 Å². The van der Waals surface area contributed by atoms with Crippen molar-refractivity contribution in [3.05, 3.63) is 0 Å². The zero-order chi connectivity index (χ0) is 15.7. The molecule has 0 aromatic carbocycles. The molecule has 1 aliphatic carbocycles. The molecule has 0 saturated heterocycles. The summed E-state index contributed by atoms with van der Waals surface area (Å²) in [5, 5.41) is 15.2. The molecule has 1 fully saturated rings. The van der Waals surface area contributed by atoms with Crippen LogP contribution >= 0.6 is 0 Å². The predicted molar refractivity (Wildman–Crippen MR) is 83.1 cm³/mol. The lowest BCUT2D eigenvalue weighted by Gasteiger charge is -2.17. The molecule has 0 radical (unpaired) electrons. The Bertz CT molecular complexity index is 333. The molecule has 21 heavy (non-hydrogen) atoms. The van der Waals surface area contributed by atoms with Gasteiger partial charge < -0.3 is 15.7 Å². The van der Waals surface area contributed by atoms with Crippen molar-refractivity contribution in [1.29, 1.82) is 0 Å². The summed E-state index contributed by atoms with van der Waals surface area (Å²) in [5.41, 5.74) is 0. The van der Waals surface area contributed by atoms with Crippen molar-refractivity contribution in [2.75, 3.05) is 13.1 Å². The lowest BCUT2D eigenvalue weighted by Crippen LogP contribution is -2.40. The van der Waals surface area contributed by atoms with Crippen molar-refractivity contribution in [2.24, 2.45) is 11.8 Å². The first kappa shape index (κ1) is 18.0. The molecule has 1 saturated carbocycles. The second-order valence-electron chi connectivity index (χ2n) is 6.23. The van der Waals surface area contributed by atoms with E-state index in [-0.39, 0.29) is 30.3 Å². The quantitative estimate of drug-likeness (QED) is 0.540. The van der Waals surface area contributed by atoms with Gasteiger partial charge in [0.2, 0.25) is 5.91 Å².